The van der Waals surface area contributed by atoms with Crippen molar-refractivity contribution in [2.45, 2.75) is 38.1 Å². The van der Waals surface area contributed by atoms with Crippen LogP contribution in [-0.2, 0) is 0 Å². The molecule has 2 aromatic carbocycles. The topological polar surface area (TPSA) is 35.2 Å². The van der Waals surface area contributed by atoms with Crippen molar-refractivity contribution in [3.8, 4) is 5.75 Å². The summed E-state index contributed by atoms with van der Waals surface area (Å²) in [6.45, 7) is 0. The van der Waals surface area contributed by atoms with Crippen molar-refractivity contribution in [2.24, 2.45) is 11.7 Å². The quantitative estimate of drug-likeness (QED) is 0.894. The number of hydrogen-bond acceptors (Lipinski definition) is 2. The zero-order valence-electron chi connectivity index (χ0n) is 12.1. The van der Waals surface area contributed by atoms with Crippen molar-refractivity contribution in [3.63, 3.8) is 0 Å². The Hall–Kier alpha value is -1.54. The van der Waals surface area contributed by atoms with E-state index in [-0.39, 0.29) is 6.04 Å². The van der Waals surface area contributed by atoms with Crippen molar-refractivity contribution in [1.82, 2.24) is 0 Å². The molecule has 0 bridgehead atoms. The van der Waals surface area contributed by atoms with Crippen molar-refractivity contribution >= 4 is 10.8 Å². The van der Waals surface area contributed by atoms with Gasteiger partial charge in [0.15, 0.2) is 0 Å². The minimum Gasteiger partial charge on any atom is -0.496 e. The van der Waals surface area contributed by atoms with Crippen LogP contribution in [0.5, 0.6) is 5.75 Å². The third-order valence-corrected chi connectivity index (χ3v) is 4.64. The zero-order chi connectivity index (χ0) is 13.9. The average Bonchev–Trinajstić information content (AvgIpc) is 2.54. The van der Waals surface area contributed by atoms with Gasteiger partial charge in [0.2, 0.25) is 0 Å². The summed E-state index contributed by atoms with van der Waals surface area (Å²) in [7, 11) is 1.74. The van der Waals surface area contributed by atoms with Crippen molar-refractivity contribution in [1.29, 1.82) is 0 Å². The lowest BCUT2D eigenvalue weighted by Gasteiger charge is -2.29. The Bertz CT molecular complexity index is 587. The molecule has 2 heteroatoms. The zero-order valence-corrected chi connectivity index (χ0v) is 12.1. The van der Waals surface area contributed by atoms with Crippen LogP contribution in [0.1, 0.15) is 43.7 Å². The predicted molar refractivity (Wildman–Crippen MR) is 84.0 cm³/mol. The van der Waals surface area contributed by atoms with E-state index in [4.69, 9.17) is 10.5 Å². The highest BCUT2D eigenvalue weighted by atomic mass is 16.5. The van der Waals surface area contributed by atoms with Gasteiger partial charge in [-0.2, -0.15) is 0 Å². The third kappa shape index (κ3) is 2.40. The van der Waals surface area contributed by atoms with Gasteiger partial charge in [0.1, 0.15) is 5.75 Å². The summed E-state index contributed by atoms with van der Waals surface area (Å²) in [5, 5.41) is 2.49. The van der Waals surface area contributed by atoms with Crippen LogP contribution in [0.4, 0.5) is 0 Å². The second-order valence-electron chi connectivity index (χ2n) is 5.83. The lowest BCUT2D eigenvalue weighted by Crippen LogP contribution is -2.24. The minimum absolute atomic E-state index is 0.0800. The summed E-state index contributed by atoms with van der Waals surface area (Å²) in [6, 6.07) is 12.7. The summed E-state index contributed by atoms with van der Waals surface area (Å²) in [5.41, 5.74) is 7.82. The fourth-order valence-electron chi connectivity index (χ4n) is 3.53. The van der Waals surface area contributed by atoms with Gasteiger partial charge < -0.3 is 10.5 Å². The molecule has 20 heavy (non-hydrogen) atoms. The maximum atomic E-state index is 6.63. The number of hydrogen-bond donors (Lipinski definition) is 1. The number of rotatable bonds is 3. The number of ether oxygens (including phenoxy) is 1. The summed E-state index contributed by atoms with van der Waals surface area (Å²) >= 11 is 0. The molecule has 0 heterocycles. The van der Waals surface area contributed by atoms with Gasteiger partial charge in [-0.05, 0) is 35.6 Å². The van der Waals surface area contributed by atoms with E-state index in [1.54, 1.807) is 7.11 Å². The van der Waals surface area contributed by atoms with E-state index >= 15 is 0 Å². The molecule has 1 fully saturated rings. The van der Waals surface area contributed by atoms with E-state index in [1.165, 1.54) is 48.4 Å². The van der Waals surface area contributed by atoms with E-state index in [0.29, 0.717) is 5.92 Å². The first-order valence-electron chi connectivity index (χ1n) is 7.62. The van der Waals surface area contributed by atoms with E-state index < -0.39 is 0 Å². The monoisotopic (exact) mass is 269 g/mol. The molecule has 0 aliphatic heterocycles. The summed E-state index contributed by atoms with van der Waals surface area (Å²) in [4.78, 5) is 0. The van der Waals surface area contributed by atoms with Crippen LogP contribution in [-0.4, -0.2) is 7.11 Å². The highest BCUT2D eigenvalue weighted by molar-refractivity contribution is 5.88. The summed E-state index contributed by atoms with van der Waals surface area (Å²) in [5.74, 6) is 1.52. The highest BCUT2D eigenvalue weighted by Crippen LogP contribution is 2.39. The van der Waals surface area contributed by atoms with Crippen LogP contribution in [0.15, 0.2) is 36.4 Å². The number of benzene rings is 2. The molecular formula is C18H23NO. The van der Waals surface area contributed by atoms with Gasteiger partial charge in [0, 0.05) is 11.6 Å². The Kier molecular flexibility index (Phi) is 3.93. The maximum Gasteiger partial charge on any atom is 0.124 e. The first-order valence-corrected chi connectivity index (χ1v) is 7.62. The average molecular weight is 269 g/mol. The fourth-order valence-corrected chi connectivity index (χ4v) is 3.53. The molecule has 1 saturated carbocycles. The molecule has 2 nitrogen and oxygen atoms in total. The molecule has 1 aliphatic carbocycles. The van der Waals surface area contributed by atoms with E-state index in [0.717, 1.165) is 5.75 Å². The number of methoxy groups -OCH3 is 1. The van der Waals surface area contributed by atoms with E-state index in [9.17, 15) is 0 Å². The standard InChI is InChI=1S/C18H23NO/c1-20-16-12-11-13-7-5-6-10-15(13)17(16)18(19)14-8-3-2-4-9-14/h5-7,10-12,14,18H,2-4,8-9,19H2,1H3/t18-/m0/s1. The molecule has 3 rings (SSSR count). The van der Waals surface area contributed by atoms with Gasteiger partial charge in [0.05, 0.1) is 7.11 Å². The molecule has 0 saturated heterocycles. The Morgan fingerprint density at radius 2 is 1.80 bits per heavy atom. The summed E-state index contributed by atoms with van der Waals surface area (Å²) in [6.07, 6.45) is 6.47. The van der Waals surface area contributed by atoms with Crippen molar-refractivity contribution in [2.75, 3.05) is 7.11 Å². The van der Waals surface area contributed by atoms with Gasteiger partial charge in [-0.25, -0.2) is 0 Å². The molecule has 0 radical (unpaired) electrons. The van der Waals surface area contributed by atoms with Crippen LogP contribution in [0.2, 0.25) is 0 Å². The van der Waals surface area contributed by atoms with Crippen LogP contribution in [0.3, 0.4) is 0 Å². The molecular weight excluding hydrogens is 246 g/mol. The van der Waals surface area contributed by atoms with Crippen LogP contribution >= 0.6 is 0 Å². The van der Waals surface area contributed by atoms with Crippen LogP contribution in [0, 0.1) is 5.92 Å². The van der Waals surface area contributed by atoms with Crippen molar-refractivity contribution in [3.05, 3.63) is 42.0 Å². The Morgan fingerprint density at radius 1 is 1.05 bits per heavy atom. The minimum atomic E-state index is 0.0800. The predicted octanol–water partition coefficient (Wildman–Crippen LogP) is 4.43. The third-order valence-electron chi connectivity index (χ3n) is 4.64. The van der Waals surface area contributed by atoms with Crippen LogP contribution in [0.25, 0.3) is 10.8 Å². The molecule has 1 atom stereocenters. The van der Waals surface area contributed by atoms with Gasteiger partial charge in [0.25, 0.3) is 0 Å². The van der Waals surface area contributed by atoms with Gasteiger partial charge in [-0.3, -0.25) is 0 Å². The lowest BCUT2D eigenvalue weighted by atomic mass is 9.80. The molecule has 0 spiro atoms. The van der Waals surface area contributed by atoms with Crippen LogP contribution < -0.4 is 10.5 Å². The first-order chi connectivity index (χ1) is 9.81. The maximum absolute atomic E-state index is 6.63. The number of fused-ring (bicyclic) bond motifs is 1. The number of nitrogens with two attached hydrogens (primary N) is 1. The smallest absolute Gasteiger partial charge is 0.124 e. The van der Waals surface area contributed by atoms with E-state index in [2.05, 4.69) is 36.4 Å². The molecule has 0 aromatic heterocycles. The Balaban J connectivity index is 2.07. The summed E-state index contributed by atoms with van der Waals surface area (Å²) < 4.78 is 5.59. The van der Waals surface area contributed by atoms with Gasteiger partial charge >= 0.3 is 0 Å². The normalized spacial score (nSPS) is 18.1. The largest absolute Gasteiger partial charge is 0.496 e. The second-order valence-corrected chi connectivity index (χ2v) is 5.83. The first kappa shape index (κ1) is 13.4. The van der Waals surface area contributed by atoms with Gasteiger partial charge in [-0.1, -0.05) is 49.6 Å². The highest BCUT2D eigenvalue weighted by Gasteiger charge is 2.25. The molecule has 0 unspecified atom stereocenters. The Morgan fingerprint density at radius 3 is 2.55 bits per heavy atom. The molecule has 2 aromatic rings. The SMILES string of the molecule is COc1ccc2ccccc2c1[C@@H](N)C1CCCCC1. The van der Waals surface area contributed by atoms with Gasteiger partial charge in [-0.15, -0.1) is 0 Å². The molecule has 2 N–H and O–H groups in total. The fraction of sp³-hybridized carbons (Fsp3) is 0.444. The Labute approximate surface area is 120 Å². The molecule has 0 amide bonds. The van der Waals surface area contributed by atoms with Crippen molar-refractivity contribution < 1.29 is 4.74 Å². The van der Waals surface area contributed by atoms with E-state index in [1.807, 2.05) is 0 Å². The second kappa shape index (κ2) is 5.84. The lowest BCUT2D eigenvalue weighted by molar-refractivity contribution is 0.302. The molecule has 106 valence electrons. The molecule has 1 aliphatic rings.